The van der Waals surface area contributed by atoms with E-state index in [-0.39, 0.29) is 24.5 Å². The highest BCUT2D eigenvalue weighted by molar-refractivity contribution is 5.98. The molecule has 26 heavy (non-hydrogen) atoms. The van der Waals surface area contributed by atoms with Gasteiger partial charge in [-0.15, -0.1) is 0 Å². The minimum absolute atomic E-state index is 0.0708. The van der Waals surface area contributed by atoms with E-state index in [0.29, 0.717) is 30.6 Å². The molecule has 1 saturated heterocycles. The summed E-state index contributed by atoms with van der Waals surface area (Å²) in [6.07, 6.45) is 1.25. The zero-order valence-corrected chi connectivity index (χ0v) is 15.8. The molecule has 1 aromatic carbocycles. The van der Waals surface area contributed by atoms with E-state index in [4.69, 9.17) is 5.11 Å². The number of carboxylic acids is 1. The summed E-state index contributed by atoms with van der Waals surface area (Å²) in [4.78, 5) is 39.4. The molecule has 1 heterocycles. The summed E-state index contributed by atoms with van der Waals surface area (Å²) in [5, 5.41) is 11.9. The van der Waals surface area contributed by atoms with Crippen LogP contribution in [0.1, 0.15) is 42.6 Å². The fourth-order valence-electron chi connectivity index (χ4n) is 2.92. The summed E-state index contributed by atoms with van der Waals surface area (Å²) in [6.45, 7) is 6.47. The quantitative estimate of drug-likeness (QED) is 0.863. The van der Waals surface area contributed by atoms with Crippen molar-refractivity contribution in [1.82, 2.24) is 9.80 Å². The Morgan fingerprint density at radius 3 is 2.62 bits per heavy atom. The van der Waals surface area contributed by atoms with Crippen molar-refractivity contribution in [2.75, 3.05) is 25.5 Å². The van der Waals surface area contributed by atoms with Crippen LogP contribution in [0.15, 0.2) is 18.2 Å². The van der Waals surface area contributed by atoms with Gasteiger partial charge in [0.05, 0.1) is 5.92 Å². The summed E-state index contributed by atoms with van der Waals surface area (Å²) < 4.78 is 0. The predicted molar refractivity (Wildman–Crippen MR) is 99.4 cm³/mol. The van der Waals surface area contributed by atoms with Gasteiger partial charge in [-0.25, -0.2) is 4.79 Å². The Morgan fingerprint density at radius 1 is 1.31 bits per heavy atom. The largest absolute Gasteiger partial charge is 0.481 e. The first-order valence-electron chi connectivity index (χ1n) is 8.87. The van der Waals surface area contributed by atoms with Crippen molar-refractivity contribution >= 4 is 23.6 Å². The summed E-state index contributed by atoms with van der Waals surface area (Å²) in [5.74, 6) is -1.50. The average molecular weight is 361 g/mol. The third kappa shape index (κ3) is 4.53. The number of hydrogen-bond donors (Lipinski definition) is 2. The van der Waals surface area contributed by atoms with Gasteiger partial charge in [0, 0.05) is 37.4 Å². The smallest absolute Gasteiger partial charge is 0.321 e. The van der Waals surface area contributed by atoms with Crippen LogP contribution in [0.2, 0.25) is 0 Å². The van der Waals surface area contributed by atoms with Crippen LogP contribution in [-0.2, 0) is 4.79 Å². The van der Waals surface area contributed by atoms with Gasteiger partial charge >= 0.3 is 12.0 Å². The van der Waals surface area contributed by atoms with Gasteiger partial charge in [0.2, 0.25) is 0 Å². The van der Waals surface area contributed by atoms with Crippen LogP contribution in [0.4, 0.5) is 10.5 Å². The highest BCUT2D eigenvalue weighted by atomic mass is 16.4. The average Bonchev–Trinajstić information content (AvgIpc) is 2.62. The molecule has 2 rings (SSSR count). The highest BCUT2D eigenvalue weighted by Crippen LogP contribution is 2.20. The summed E-state index contributed by atoms with van der Waals surface area (Å²) >= 11 is 0. The molecule has 1 aliphatic rings. The molecule has 1 fully saturated rings. The van der Waals surface area contributed by atoms with Crippen LogP contribution >= 0.6 is 0 Å². The van der Waals surface area contributed by atoms with Crippen molar-refractivity contribution in [3.05, 3.63) is 29.3 Å². The lowest BCUT2D eigenvalue weighted by atomic mass is 9.99. The van der Waals surface area contributed by atoms with Crippen LogP contribution < -0.4 is 5.32 Å². The Bertz CT molecular complexity index is 702. The van der Waals surface area contributed by atoms with Gasteiger partial charge in [0.25, 0.3) is 5.91 Å². The van der Waals surface area contributed by atoms with Gasteiger partial charge in [-0.2, -0.15) is 0 Å². The first-order valence-corrected chi connectivity index (χ1v) is 8.87. The van der Waals surface area contributed by atoms with E-state index in [1.807, 2.05) is 20.8 Å². The molecule has 3 amide bonds. The van der Waals surface area contributed by atoms with E-state index in [9.17, 15) is 14.4 Å². The maximum Gasteiger partial charge on any atom is 0.321 e. The number of anilines is 1. The van der Waals surface area contributed by atoms with E-state index in [0.717, 1.165) is 5.56 Å². The SMILES string of the molecule is Cc1ccc(NC(=O)N2CCCC(C(=O)O)C2)cc1C(=O)N(C)C(C)C. The number of carbonyl (C=O) groups is 3. The Labute approximate surface area is 154 Å². The van der Waals surface area contributed by atoms with Gasteiger partial charge in [-0.05, 0) is 51.3 Å². The lowest BCUT2D eigenvalue weighted by Gasteiger charge is -2.30. The fraction of sp³-hybridized carbons (Fsp3) is 0.526. The van der Waals surface area contributed by atoms with E-state index in [1.54, 1.807) is 30.1 Å². The number of benzene rings is 1. The summed E-state index contributed by atoms with van der Waals surface area (Å²) in [7, 11) is 1.75. The van der Waals surface area contributed by atoms with Crippen molar-refractivity contribution in [3.8, 4) is 0 Å². The number of aliphatic carboxylic acids is 1. The number of likely N-dealkylation sites (tertiary alicyclic amines) is 1. The maximum absolute atomic E-state index is 12.6. The molecule has 1 aromatic rings. The number of nitrogens with zero attached hydrogens (tertiary/aromatic N) is 2. The van der Waals surface area contributed by atoms with Crippen LogP contribution in [0.25, 0.3) is 0 Å². The molecule has 0 bridgehead atoms. The molecule has 0 aliphatic carbocycles. The first kappa shape index (κ1) is 19.8. The molecule has 7 nitrogen and oxygen atoms in total. The van der Waals surface area contributed by atoms with Gasteiger partial charge < -0.3 is 20.2 Å². The highest BCUT2D eigenvalue weighted by Gasteiger charge is 2.28. The van der Waals surface area contributed by atoms with Crippen molar-refractivity contribution in [1.29, 1.82) is 0 Å². The van der Waals surface area contributed by atoms with Crippen molar-refractivity contribution in [3.63, 3.8) is 0 Å². The number of urea groups is 1. The second-order valence-electron chi connectivity index (χ2n) is 7.09. The van der Waals surface area contributed by atoms with Crippen molar-refractivity contribution in [2.24, 2.45) is 5.92 Å². The Hall–Kier alpha value is -2.57. The molecule has 0 radical (unpaired) electrons. The second kappa shape index (κ2) is 8.21. The zero-order valence-electron chi connectivity index (χ0n) is 15.8. The Morgan fingerprint density at radius 2 is 2.00 bits per heavy atom. The molecule has 0 saturated carbocycles. The number of aryl methyl sites for hydroxylation is 1. The van der Waals surface area contributed by atoms with Crippen LogP contribution in [0, 0.1) is 12.8 Å². The molecular weight excluding hydrogens is 334 g/mol. The molecule has 0 spiro atoms. The van der Waals surface area contributed by atoms with Crippen LogP contribution in [-0.4, -0.2) is 59.0 Å². The Kier molecular flexibility index (Phi) is 6.23. The molecular formula is C19H27N3O4. The molecule has 2 N–H and O–H groups in total. The van der Waals surface area contributed by atoms with E-state index < -0.39 is 11.9 Å². The standard InChI is InChI=1S/C19H27N3O4/c1-12(2)21(4)17(23)16-10-15(8-7-13(16)3)20-19(26)22-9-5-6-14(11-22)18(24)25/h7-8,10,12,14H,5-6,9,11H2,1-4H3,(H,20,26)(H,24,25). The third-order valence-corrected chi connectivity index (χ3v) is 4.87. The minimum atomic E-state index is -0.873. The predicted octanol–water partition coefficient (Wildman–Crippen LogP) is 2.80. The van der Waals surface area contributed by atoms with Crippen LogP contribution in [0.5, 0.6) is 0 Å². The van der Waals surface area contributed by atoms with Gasteiger partial charge in [0.15, 0.2) is 0 Å². The zero-order chi connectivity index (χ0) is 19.4. The van der Waals surface area contributed by atoms with Crippen molar-refractivity contribution < 1.29 is 19.5 Å². The number of hydrogen-bond acceptors (Lipinski definition) is 3. The second-order valence-corrected chi connectivity index (χ2v) is 7.09. The summed E-state index contributed by atoms with van der Waals surface area (Å²) in [6, 6.07) is 4.95. The van der Waals surface area contributed by atoms with E-state index in [1.165, 1.54) is 4.90 Å². The van der Waals surface area contributed by atoms with E-state index >= 15 is 0 Å². The Balaban J connectivity index is 2.12. The monoisotopic (exact) mass is 361 g/mol. The topological polar surface area (TPSA) is 90.0 Å². The number of carboxylic acid groups (broad SMARTS) is 1. The lowest BCUT2D eigenvalue weighted by Crippen LogP contribution is -2.44. The minimum Gasteiger partial charge on any atom is -0.481 e. The van der Waals surface area contributed by atoms with Gasteiger partial charge in [-0.3, -0.25) is 9.59 Å². The van der Waals surface area contributed by atoms with Gasteiger partial charge in [0.1, 0.15) is 0 Å². The van der Waals surface area contributed by atoms with E-state index in [2.05, 4.69) is 5.32 Å². The number of amides is 3. The molecule has 0 aromatic heterocycles. The fourth-order valence-corrected chi connectivity index (χ4v) is 2.92. The third-order valence-electron chi connectivity index (χ3n) is 4.87. The van der Waals surface area contributed by atoms with Crippen LogP contribution in [0.3, 0.4) is 0 Å². The van der Waals surface area contributed by atoms with Gasteiger partial charge in [-0.1, -0.05) is 6.07 Å². The number of rotatable bonds is 4. The molecule has 142 valence electrons. The normalized spacial score (nSPS) is 17.1. The maximum atomic E-state index is 12.6. The molecule has 1 atom stereocenters. The molecule has 1 unspecified atom stereocenters. The summed E-state index contributed by atoms with van der Waals surface area (Å²) in [5.41, 5.74) is 1.91. The number of piperidine rings is 1. The number of nitrogens with one attached hydrogen (secondary N) is 1. The first-order chi connectivity index (χ1) is 12.2. The number of carbonyl (C=O) groups excluding carboxylic acids is 2. The lowest BCUT2D eigenvalue weighted by molar-refractivity contribution is -0.143. The molecule has 7 heteroatoms. The van der Waals surface area contributed by atoms with Crippen molar-refractivity contribution in [2.45, 2.75) is 39.7 Å². The molecule has 1 aliphatic heterocycles.